The van der Waals surface area contributed by atoms with Crippen molar-refractivity contribution < 1.29 is 9.53 Å². The van der Waals surface area contributed by atoms with E-state index in [0.29, 0.717) is 32.2 Å². The molecule has 6 nitrogen and oxygen atoms in total. The van der Waals surface area contributed by atoms with Crippen molar-refractivity contribution in [2.45, 2.75) is 6.92 Å². The zero-order valence-corrected chi connectivity index (χ0v) is 12.9. The topological polar surface area (TPSA) is 104 Å². The van der Waals surface area contributed by atoms with Crippen molar-refractivity contribution in [3.05, 3.63) is 29.1 Å². The zero-order valence-electron chi connectivity index (χ0n) is 12.1. The molecule has 0 saturated carbocycles. The first kappa shape index (κ1) is 14.3. The summed E-state index contributed by atoms with van der Waals surface area (Å²) in [6.45, 7) is 1.48. The summed E-state index contributed by atoms with van der Waals surface area (Å²) in [5.74, 6) is 0.737. The van der Waals surface area contributed by atoms with Gasteiger partial charge < -0.3 is 16.2 Å². The van der Waals surface area contributed by atoms with Crippen LogP contribution in [0.1, 0.15) is 16.6 Å². The number of carbonyl (C=O) groups is 1. The molecule has 7 heteroatoms. The molecule has 0 aliphatic heterocycles. The van der Waals surface area contributed by atoms with Crippen LogP contribution in [-0.4, -0.2) is 22.9 Å². The van der Waals surface area contributed by atoms with Gasteiger partial charge in [-0.3, -0.25) is 4.79 Å². The van der Waals surface area contributed by atoms with Crippen molar-refractivity contribution in [3.63, 3.8) is 0 Å². The number of ether oxygens (including phenoxy) is 1. The Labute approximate surface area is 130 Å². The molecule has 0 aliphatic carbocycles. The predicted octanol–water partition coefficient (Wildman–Crippen LogP) is 2.73. The van der Waals surface area contributed by atoms with Crippen molar-refractivity contribution >= 4 is 39.0 Å². The van der Waals surface area contributed by atoms with Gasteiger partial charge >= 0.3 is 0 Å². The molecule has 0 radical (unpaired) electrons. The highest BCUT2D eigenvalue weighted by Gasteiger charge is 2.19. The van der Waals surface area contributed by atoms with Crippen molar-refractivity contribution in [2.75, 3.05) is 18.6 Å². The van der Waals surface area contributed by atoms with E-state index in [1.807, 2.05) is 24.3 Å². The van der Waals surface area contributed by atoms with Gasteiger partial charge in [0.15, 0.2) is 5.78 Å². The van der Waals surface area contributed by atoms with Gasteiger partial charge in [-0.2, -0.15) is 0 Å². The number of methoxy groups -OCH3 is 1. The second kappa shape index (κ2) is 5.27. The Morgan fingerprint density at radius 2 is 2.05 bits per heavy atom. The summed E-state index contributed by atoms with van der Waals surface area (Å²) in [4.78, 5) is 21.3. The number of fused-ring (bicyclic) bond motifs is 1. The van der Waals surface area contributed by atoms with Crippen LogP contribution in [0.15, 0.2) is 24.3 Å². The highest BCUT2D eigenvalue weighted by atomic mass is 32.1. The lowest BCUT2D eigenvalue weighted by atomic mass is 10.1. The highest BCUT2D eigenvalue weighted by molar-refractivity contribution is 7.21. The Morgan fingerprint density at radius 3 is 2.73 bits per heavy atom. The number of hydrogen-bond donors (Lipinski definition) is 2. The minimum Gasteiger partial charge on any atom is -0.497 e. The largest absolute Gasteiger partial charge is 0.497 e. The fraction of sp³-hybridized carbons (Fsp3) is 0.133. The van der Waals surface area contributed by atoms with Crippen LogP contribution >= 0.6 is 11.3 Å². The summed E-state index contributed by atoms with van der Waals surface area (Å²) in [5, 5.41) is 0.651. The predicted molar refractivity (Wildman–Crippen MR) is 88.2 cm³/mol. The molecule has 0 fully saturated rings. The number of nitrogens with zero attached hydrogens (tertiary/aromatic N) is 2. The molecule has 0 unspecified atom stereocenters. The van der Waals surface area contributed by atoms with Gasteiger partial charge in [0.2, 0.25) is 5.95 Å². The zero-order chi connectivity index (χ0) is 15.9. The lowest BCUT2D eigenvalue weighted by molar-refractivity contribution is 0.102. The van der Waals surface area contributed by atoms with Gasteiger partial charge in [0.1, 0.15) is 10.6 Å². The average Bonchev–Trinajstić information content (AvgIpc) is 2.83. The summed E-state index contributed by atoms with van der Waals surface area (Å²) in [7, 11) is 1.59. The second-order valence-corrected chi connectivity index (χ2v) is 5.74. The number of hydrogen-bond acceptors (Lipinski definition) is 7. The maximum atomic E-state index is 11.7. The number of nitrogen functional groups attached to an aromatic ring is 2. The van der Waals surface area contributed by atoms with Crippen molar-refractivity contribution in [1.29, 1.82) is 0 Å². The fourth-order valence-electron chi connectivity index (χ4n) is 2.28. The smallest absolute Gasteiger partial charge is 0.221 e. The fourth-order valence-corrected chi connectivity index (χ4v) is 3.28. The molecular formula is C15H14N4O2S. The Kier molecular flexibility index (Phi) is 3.42. The van der Waals surface area contributed by atoms with Gasteiger partial charge in [-0.05, 0) is 12.1 Å². The first-order valence-electron chi connectivity index (χ1n) is 6.52. The molecule has 1 aromatic carbocycles. The third-order valence-electron chi connectivity index (χ3n) is 3.27. The van der Waals surface area contributed by atoms with Gasteiger partial charge in [0.25, 0.3) is 0 Å². The van der Waals surface area contributed by atoms with E-state index in [9.17, 15) is 4.79 Å². The van der Waals surface area contributed by atoms with Gasteiger partial charge in [-0.25, -0.2) is 9.97 Å². The molecule has 3 rings (SSSR count). The Balaban J connectivity index is 2.35. The third kappa shape index (κ3) is 2.25. The maximum absolute atomic E-state index is 11.7. The van der Waals surface area contributed by atoms with Crippen molar-refractivity contribution in [3.8, 4) is 17.0 Å². The summed E-state index contributed by atoms with van der Waals surface area (Å²) in [6, 6.07) is 7.41. The van der Waals surface area contributed by atoms with Crippen LogP contribution in [-0.2, 0) is 0 Å². The van der Waals surface area contributed by atoms with E-state index in [0.717, 1.165) is 5.56 Å². The Hall–Kier alpha value is -2.67. The van der Waals surface area contributed by atoms with Gasteiger partial charge in [0, 0.05) is 12.5 Å². The van der Waals surface area contributed by atoms with E-state index < -0.39 is 0 Å². The van der Waals surface area contributed by atoms with Crippen LogP contribution in [0, 0.1) is 0 Å². The lowest BCUT2D eigenvalue weighted by Gasteiger charge is -2.07. The number of anilines is 2. The van der Waals surface area contributed by atoms with E-state index in [-0.39, 0.29) is 11.7 Å². The minimum absolute atomic E-state index is 0.101. The molecule has 0 spiro atoms. The van der Waals surface area contributed by atoms with Crippen LogP contribution in [0.2, 0.25) is 0 Å². The van der Waals surface area contributed by atoms with E-state index in [2.05, 4.69) is 9.97 Å². The standard InChI is InChI=1S/C15H14N4O2S/c1-7(20)13-11(16)10-12(18-15(17)19-14(10)22-13)8-4-3-5-9(6-8)21-2/h3-6H,16H2,1-2H3,(H2,17,18,19). The summed E-state index contributed by atoms with van der Waals surface area (Å²) in [6.07, 6.45) is 0. The van der Waals surface area contributed by atoms with Gasteiger partial charge in [-0.1, -0.05) is 12.1 Å². The normalized spacial score (nSPS) is 10.8. The Bertz CT molecular complexity index is 889. The van der Waals surface area contributed by atoms with E-state index in [1.54, 1.807) is 7.11 Å². The molecule has 3 aromatic rings. The third-order valence-corrected chi connectivity index (χ3v) is 4.47. The van der Waals surface area contributed by atoms with Crippen LogP contribution in [0.25, 0.3) is 21.5 Å². The first-order valence-corrected chi connectivity index (χ1v) is 7.33. The van der Waals surface area contributed by atoms with Gasteiger partial charge in [0.05, 0.1) is 28.8 Å². The Morgan fingerprint density at radius 1 is 1.27 bits per heavy atom. The van der Waals surface area contributed by atoms with E-state index in [4.69, 9.17) is 16.2 Å². The monoisotopic (exact) mass is 314 g/mol. The summed E-state index contributed by atoms with van der Waals surface area (Å²) >= 11 is 1.23. The molecule has 2 aromatic heterocycles. The number of thiophene rings is 1. The molecular weight excluding hydrogens is 300 g/mol. The minimum atomic E-state index is -0.101. The molecule has 4 N–H and O–H groups in total. The number of benzene rings is 1. The average molecular weight is 314 g/mol. The number of ketones is 1. The highest BCUT2D eigenvalue weighted by Crippen LogP contribution is 2.39. The number of carbonyl (C=O) groups excluding carboxylic acids is 1. The summed E-state index contributed by atoms with van der Waals surface area (Å²) in [5.41, 5.74) is 13.7. The second-order valence-electron chi connectivity index (χ2n) is 4.74. The van der Waals surface area contributed by atoms with Crippen molar-refractivity contribution in [1.82, 2.24) is 9.97 Å². The van der Waals surface area contributed by atoms with Crippen LogP contribution in [0.5, 0.6) is 5.75 Å². The molecule has 2 heterocycles. The molecule has 112 valence electrons. The summed E-state index contributed by atoms with van der Waals surface area (Å²) < 4.78 is 5.23. The quantitative estimate of drug-likeness (QED) is 0.720. The van der Waals surface area contributed by atoms with Crippen LogP contribution < -0.4 is 16.2 Å². The number of nitrogens with two attached hydrogens (primary N) is 2. The number of Topliss-reactive ketones (excluding diaryl/α,β-unsaturated/α-hetero) is 1. The SMILES string of the molecule is COc1cccc(-c2nc(N)nc3sc(C(C)=O)c(N)c23)c1. The van der Waals surface area contributed by atoms with Crippen LogP contribution in [0.4, 0.5) is 11.6 Å². The molecule has 0 saturated heterocycles. The van der Waals surface area contributed by atoms with Gasteiger partial charge in [-0.15, -0.1) is 11.3 Å². The van der Waals surface area contributed by atoms with Crippen LogP contribution in [0.3, 0.4) is 0 Å². The maximum Gasteiger partial charge on any atom is 0.221 e. The van der Waals surface area contributed by atoms with E-state index in [1.165, 1.54) is 18.3 Å². The molecule has 0 bridgehead atoms. The molecule has 0 amide bonds. The lowest BCUT2D eigenvalue weighted by Crippen LogP contribution is -1.99. The molecule has 0 aliphatic rings. The molecule has 22 heavy (non-hydrogen) atoms. The number of aromatic nitrogens is 2. The van der Waals surface area contributed by atoms with Crippen molar-refractivity contribution in [2.24, 2.45) is 0 Å². The molecule has 0 atom stereocenters. The first-order chi connectivity index (χ1) is 10.5. The van der Waals surface area contributed by atoms with E-state index >= 15 is 0 Å². The number of rotatable bonds is 3.